The molecule has 0 spiro atoms. The molecule has 0 aromatic heterocycles. The molecule has 0 bridgehead atoms. The average Bonchev–Trinajstić information content (AvgIpc) is 2.39. The van der Waals surface area contributed by atoms with E-state index in [0.29, 0.717) is 0 Å². The second-order valence-electron chi connectivity index (χ2n) is 6.06. The van der Waals surface area contributed by atoms with Gasteiger partial charge in [0.1, 0.15) is 0 Å². The number of alkyl halides is 3. The Kier molecular flexibility index (Phi) is 4.43. The highest BCUT2D eigenvalue weighted by Crippen LogP contribution is 2.46. The van der Waals surface area contributed by atoms with Crippen molar-refractivity contribution in [1.29, 1.82) is 0 Å². The summed E-state index contributed by atoms with van der Waals surface area (Å²) < 4.78 is 38.6. The summed E-state index contributed by atoms with van der Waals surface area (Å²) in [4.78, 5) is 0. The standard InChI is InChI=1S/C16H22F3N/c1-15(9-4-3-5-10-15)14(20-2)12-7-6-8-13(11-12)16(17,18)19/h6-8,11,14,20H,3-5,9-10H2,1-2H3. The smallest absolute Gasteiger partial charge is 0.313 e. The Morgan fingerprint density at radius 2 is 1.80 bits per heavy atom. The number of hydrogen-bond donors (Lipinski definition) is 1. The van der Waals surface area contributed by atoms with Crippen molar-refractivity contribution in [3.05, 3.63) is 35.4 Å². The second kappa shape index (κ2) is 5.76. The van der Waals surface area contributed by atoms with Crippen LogP contribution in [0.15, 0.2) is 24.3 Å². The summed E-state index contributed by atoms with van der Waals surface area (Å²) >= 11 is 0. The van der Waals surface area contributed by atoms with Gasteiger partial charge in [0.2, 0.25) is 0 Å². The molecule has 1 saturated carbocycles. The van der Waals surface area contributed by atoms with Crippen molar-refractivity contribution < 1.29 is 13.2 Å². The largest absolute Gasteiger partial charge is 0.416 e. The van der Waals surface area contributed by atoms with Gasteiger partial charge in [-0.25, -0.2) is 0 Å². The summed E-state index contributed by atoms with van der Waals surface area (Å²) in [5.74, 6) is 0. The van der Waals surface area contributed by atoms with E-state index in [4.69, 9.17) is 0 Å². The fraction of sp³-hybridized carbons (Fsp3) is 0.625. The van der Waals surface area contributed by atoms with Gasteiger partial charge in [-0.15, -0.1) is 0 Å². The van der Waals surface area contributed by atoms with Gasteiger partial charge in [-0.3, -0.25) is 0 Å². The van der Waals surface area contributed by atoms with Gasteiger partial charge < -0.3 is 5.32 Å². The van der Waals surface area contributed by atoms with E-state index in [9.17, 15) is 13.2 Å². The van der Waals surface area contributed by atoms with Gasteiger partial charge in [0.15, 0.2) is 0 Å². The van der Waals surface area contributed by atoms with Crippen LogP contribution in [-0.4, -0.2) is 7.05 Å². The topological polar surface area (TPSA) is 12.0 Å². The second-order valence-corrected chi connectivity index (χ2v) is 6.06. The molecule has 20 heavy (non-hydrogen) atoms. The van der Waals surface area contributed by atoms with Crippen molar-refractivity contribution >= 4 is 0 Å². The lowest BCUT2D eigenvalue weighted by atomic mass is 9.68. The first-order chi connectivity index (χ1) is 9.37. The molecule has 1 aliphatic rings. The van der Waals surface area contributed by atoms with Crippen molar-refractivity contribution in [2.24, 2.45) is 5.41 Å². The highest BCUT2D eigenvalue weighted by atomic mass is 19.4. The van der Waals surface area contributed by atoms with E-state index in [1.165, 1.54) is 18.6 Å². The highest BCUT2D eigenvalue weighted by Gasteiger charge is 2.37. The summed E-state index contributed by atoms with van der Waals surface area (Å²) in [7, 11) is 1.84. The number of halogens is 3. The van der Waals surface area contributed by atoms with Gasteiger partial charge in [0.25, 0.3) is 0 Å². The van der Waals surface area contributed by atoms with Crippen LogP contribution in [0.3, 0.4) is 0 Å². The first kappa shape index (κ1) is 15.4. The Morgan fingerprint density at radius 1 is 1.15 bits per heavy atom. The quantitative estimate of drug-likeness (QED) is 0.829. The SMILES string of the molecule is CNC(c1cccc(C(F)(F)F)c1)C1(C)CCCCC1. The van der Waals surface area contributed by atoms with Crippen molar-refractivity contribution in [3.63, 3.8) is 0 Å². The van der Waals surface area contributed by atoms with Gasteiger partial charge in [-0.05, 0) is 43.0 Å². The van der Waals surface area contributed by atoms with Crippen LogP contribution in [0.5, 0.6) is 0 Å². The molecule has 1 fully saturated rings. The maximum absolute atomic E-state index is 12.9. The highest BCUT2D eigenvalue weighted by molar-refractivity contribution is 5.29. The molecule has 1 nitrogen and oxygen atoms in total. The minimum absolute atomic E-state index is 0.0231. The van der Waals surface area contributed by atoms with Crippen LogP contribution in [-0.2, 0) is 6.18 Å². The van der Waals surface area contributed by atoms with Crippen LogP contribution >= 0.6 is 0 Å². The van der Waals surface area contributed by atoms with Crippen LogP contribution in [0, 0.1) is 5.41 Å². The molecule has 1 aliphatic carbocycles. The lowest BCUT2D eigenvalue weighted by molar-refractivity contribution is -0.137. The molecule has 0 amide bonds. The minimum Gasteiger partial charge on any atom is -0.313 e. The number of benzene rings is 1. The predicted octanol–water partition coefficient (Wildman–Crippen LogP) is 4.94. The zero-order chi connectivity index (χ0) is 14.8. The van der Waals surface area contributed by atoms with Crippen LogP contribution in [0.25, 0.3) is 0 Å². The van der Waals surface area contributed by atoms with Crippen molar-refractivity contribution in [1.82, 2.24) is 5.32 Å². The van der Waals surface area contributed by atoms with E-state index in [-0.39, 0.29) is 11.5 Å². The molecule has 1 atom stereocenters. The van der Waals surface area contributed by atoms with E-state index in [0.717, 1.165) is 37.3 Å². The zero-order valence-corrected chi connectivity index (χ0v) is 12.1. The third-order valence-electron chi connectivity index (χ3n) is 4.53. The normalized spacial score (nSPS) is 20.6. The Hall–Kier alpha value is -1.03. The molecular weight excluding hydrogens is 263 g/mol. The Bertz CT molecular complexity index is 447. The van der Waals surface area contributed by atoms with E-state index in [2.05, 4.69) is 12.2 Å². The van der Waals surface area contributed by atoms with E-state index >= 15 is 0 Å². The molecule has 0 saturated heterocycles. The maximum Gasteiger partial charge on any atom is 0.416 e. The monoisotopic (exact) mass is 285 g/mol. The van der Waals surface area contributed by atoms with E-state index in [1.54, 1.807) is 6.07 Å². The fourth-order valence-corrected chi connectivity index (χ4v) is 3.46. The summed E-state index contributed by atoms with van der Waals surface area (Å²) in [5, 5.41) is 3.24. The third-order valence-corrected chi connectivity index (χ3v) is 4.53. The summed E-state index contributed by atoms with van der Waals surface area (Å²) in [6.07, 6.45) is 1.40. The molecule has 1 aromatic carbocycles. The number of nitrogens with one attached hydrogen (secondary N) is 1. The van der Waals surface area contributed by atoms with E-state index < -0.39 is 11.7 Å². The minimum atomic E-state index is -4.28. The Morgan fingerprint density at radius 3 is 2.35 bits per heavy atom. The zero-order valence-electron chi connectivity index (χ0n) is 12.1. The molecule has 112 valence electrons. The number of rotatable bonds is 3. The number of hydrogen-bond acceptors (Lipinski definition) is 1. The summed E-state index contributed by atoms with van der Waals surface area (Å²) in [5.41, 5.74) is 0.221. The van der Waals surface area contributed by atoms with Gasteiger partial charge in [0.05, 0.1) is 5.56 Å². The van der Waals surface area contributed by atoms with Gasteiger partial charge in [-0.2, -0.15) is 13.2 Å². The van der Waals surface area contributed by atoms with Crippen LogP contribution in [0.4, 0.5) is 13.2 Å². The predicted molar refractivity (Wildman–Crippen MR) is 74.4 cm³/mol. The molecule has 0 heterocycles. The Labute approximate surface area is 118 Å². The molecular formula is C16H22F3N. The van der Waals surface area contributed by atoms with Crippen molar-refractivity contribution in [3.8, 4) is 0 Å². The molecule has 4 heteroatoms. The molecule has 1 N–H and O–H groups in total. The van der Waals surface area contributed by atoms with Gasteiger partial charge in [-0.1, -0.05) is 38.3 Å². The average molecular weight is 285 g/mol. The first-order valence-corrected chi connectivity index (χ1v) is 7.21. The van der Waals surface area contributed by atoms with Crippen LogP contribution < -0.4 is 5.32 Å². The van der Waals surface area contributed by atoms with Crippen LogP contribution in [0.1, 0.15) is 56.2 Å². The summed E-state index contributed by atoms with van der Waals surface area (Å²) in [6, 6.07) is 5.72. The fourth-order valence-electron chi connectivity index (χ4n) is 3.46. The lowest BCUT2D eigenvalue weighted by Gasteiger charge is -2.41. The summed E-state index contributed by atoms with van der Waals surface area (Å²) in [6.45, 7) is 2.19. The maximum atomic E-state index is 12.9. The first-order valence-electron chi connectivity index (χ1n) is 7.21. The van der Waals surface area contributed by atoms with Crippen molar-refractivity contribution in [2.75, 3.05) is 7.05 Å². The van der Waals surface area contributed by atoms with Crippen LogP contribution in [0.2, 0.25) is 0 Å². The molecule has 1 aromatic rings. The third kappa shape index (κ3) is 3.17. The lowest BCUT2D eigenvalue weighted by Crippen LogP contribution is -2.36. The molecule has 0 aliphatic heterocycles. The van der Waals surface area contributed by atoms with Crippen molar-refractivity contribution in [2.45, 2.75) is 51.2 Å². The van der Waals surface area contributed by atoms with Gasteiger partial charge >= 0.3 is 6.18 Å². The molecule has 1 unspecified atom stereocenters. The molecule has 0 radical (unpaired) electrons. The van der Waals surface area contributed by atoms with Gasteiger partial charge in [0, 0.05) is 6.04 Å². The van der Waals surface area contributed by atoms with E-state index in [1.807, 2.05) is 7.05 Å². The molecule has 2 rings (SSSR count). The Balaban J connectivity index is 2.32.